The van der Waals surface area contributed by atoms with E-state index in [2.05, 4.69) is 0 Å². The monoisotopic (exact) mass is 594 g/mol. The van der Waals surface area contributed by atoms with Crippen LogP contribution >= 0.6 is 0 Å². The van der Waals surface area contributed by atoms with E-state index in [-0.39, 0.29) is 59.8 Å². The summed E-state index contributed by atoms with van der Waals surface area (Å²) in [6.45, 7) is 4.39. The molecule has 0 saturated carbocycles. The first-order valence-corrected chi connectivity index (χ1v) is 14.2. The van der Waals surface area contributed by atoms with E-state index in [1.807, 2.05) is 73.0 Å². The van der Waals surface area contributed by atoms with Gasteiger partial charge in [-0.15, -0.1) is 0 Å². The van der Waals surface area contributed by atoms with Gasteiger partial charge in [-0.05, 0) is 62.4 Å². The van der Waals surface area contributed by atoms with Crippen molar-refractivity contribution in [3.05, 3.63) is 106 Å². The van der Waals surface area contributed by atoms with Gasteiger partial charge in [0, 0.05) is 28.1 Å². The molecule has 3 N–H and O–H groups in total. The Morgan fingerprint density at radius 3 is 2.21 bits per heavy atom. The number of benzene rings is 3. The summed E-state index contributed by atoms with van der Waals surface area (Å²) in [4.78, 5) is 25.4. The second-order valence-corrected chi connectivity index (χ2v) is 11.1. The van der Waals surface area contributed by atoms with Gasteiger partial charge in [-0.3, -0.25) is 9.59 Å². The molecule has 0 unspecified atom stereocenters. The molecule has 43 heavy (non-hydrogen) atoms. The van der Waals surface area contributed by atoms with Gasteiger partial charge in [0.2, 0.25) is 0 Å². The zero-order chi connectivity index (χ0) is 30.0. The second-order valence-electron chi connectivity index (χ2n) is 11.1. The van der Waals surface area contributed by atoms with Crippen molar-refractivity contribution in [2.45, 2.75) is 64.3 Å². The summed E-state index contributed by atoms with van der Waals surface area (Å²) >= 11 is 0. The van der Waals surface area contributed by atoms with E-state index in [4.69, 9.17) is 5.11 Å². The number of nitrogens with zero attached hydrogens (tertiary/aromatic N) is 2. The molecule has 0 spiro atoms. The van der Waals surface area contributed by atoms with Crippen molar-refractivity contribution in [1.82, 2.24) is 9.13 Å². The summed E-state index contributed by atoms with van der Waals surface area (Å²) in [7, 11) is 0. The van der Waals surface area contributed by atoms with Gasteiger partial charge in [-0.2, -0.15) is 0 Å². The Morgan fingerprint density at radius 1 is 0.907 bits per heavy atom. The molecule has 0 aliphatic carbocycles. The van der Waals surface area contributed by atoms with Gasteiger partial charge in [-0.1, -0.05) is 60.7 Å². The average molecular weight is 595 g/mol. The first kappa shape index (κ1) is 32.6. The van der Waals surface area contributed by atoms with Crippen LogP contribution in [-0.4, -0.2) is 72.2 Å². The number of hydrogen-bond acceptors (Lipinski definition) is 4. The fourth-order valence-electron chi connectivity index (χ4n) is 5.95. The zero-order valence-corrected chi connectivity index (χ0v) is 23.7. The number of fused-ring (bicyclic) bond motifs is 3. The van der Waals surface area contributed by atoms with Crippen molar-refractivity contribution in [3.63, 3.8) is 0 Å². The molecule has 0 saturated heterocycles. The Hall–Kier alpha value is -3.27. The number of pyridine rings is 1. The molecule has 2 aromatic heterocycles. The summed E-state index contributed by atoms with van der Waals surface area (Å²) in [5.74, 6) is -1.50. The van der Waals surface area contributed by atoms with Crippen molar-refractivity contribution in [1.29, 1.82) is 0 Å². The number of para-hydroxylation sites is 1. The van der Waals surface area contributed by atoms with Crippen LogP contribution in [-0.2, 0) is 17.8 Å². The molecule has 0 aliphatic heterocycles. The average Bonchev–Trinajstić information content (AvgIpc) is 3.30. The summed E-state index contributed by atoms with van der Waals surface area (Å²) < 4.78 is 17.8. The molecule has 7 nitrogen and oxygen atoms in total. The fraction of sp³-hybridized carbons (Fsp3) is 0.294. The molecule has 5 rings (SSSR count). The number of rotatable bonds is 11. The van der Waals surface area contributed by atoms with Crippen molar-refractivity contribution in [2.24, 2.45) is 0 Å². The van der Waals surface area contributed by atoms with Crippen LogP contribution in [0.4, 0.5) is 4.39 Å². The maximum absolute atomic E-state index is 14.5. The van der Waals surface area contributed by atoms with Crippen molar-refractivity contribution in [3.8, 4) is 11.1 Å². The molecule has 5 aromatic rings. The van der Waals surface area contributed by atoms with Crippen LogP contribution in [0.3, 0.4) is 0 Å². The second kappa shape index (κ2) is 14.0. The van der Waals surface area contributed by atoms with Crippen LogP contribution in [0.2, 0.25) is 0 Å². The van der Waals surface area contributed by atoms with Gasteiger partial charge in [0.15, 0.2) is 0 Å². The van der Waals surface area contributed by atoms with Gasteiger partial charge >= 0.3 is 35.5 Å². The van der Waals surface area contributed by atoms with E-state index >= 15 is 0 Å². The SMILES string of the molecule is CC(C)n1c(CC[C@@H](O)C[C@@H](O)CC(=O)O)c(-c2ccc(F)cc2)c2c3ccccc3n(Cc3ccccc3)c(=O)c21.[NaH]. The third-order valence-corrected chi connectivity index (χ3v) is 7.72. The molecule has 2 atom stereocenters. The molecule has 0 amide bonds. The minimum atomic E-state index is -1.17. The van der Waals surface area contributed by atoms with Gasteiger partial charge in [0.05, 0.1) is 30.7 Å². The Bertz CT molecular complexity index is 1780. The minimum absolute atomic E-state index is 0. The van der Waals surface area contributed by atoms with Gasteiger partial charge in [0.1, 0.15) is 11.3 Å². The normalized spacial score (nSPS) is 12.9. The topological polar surface area (TPSA) is 105 Å². The molecule has 220 valence electrons. The van der Waals surface area contributed by atoms with E-state index in [0.717, 1.165) is 38.7 Å². The van der Waals surface area contributed by atoms with Gasteiger partial charge in [0.25, 0.3) is 5.56 Å². The number of hydrogen-bond donors (Lipinski definition) is 3. The van der Waals surface area contributed by atoms with Crippen LogP contribution in [0.15, 0.2) is 83.7 Å². The summed E-state index contributed by atoms with van der Waals surface area (Å²) in [5.41, 5.74) is 4.54. The first-order valence-electron chi connectivity index (χ1n) is 14.2. The Morgan fingerprint density at radius 2 is 1.56 bits per heavy atom. The van der Waals surface area contributed by atoms with E-state index in [1.165, 1.54) is 12.1 Å². The molecule has 0 bridgehead atoms. The molecule has 9 heteroatoms. The number of aliphatic carboxylic acids is 1. The Kier molecular flexibility index (Phi) is 10.6. The number of aromatic nitrogens is 2. The molecule has 2 heterocycles. The third kappa shape index (κ3) is 6.95. The summed E-state index contributed by atoms with van der Waals surface area (Å²) in [5, 5.41) is 31.5. The van der Waals surface area contributed by atoms with Crippen LogP contribution in [0.25, 0.3) is 32.9 Å². The molecular weight excluding hydrogens is 558 g/mol. The van der Waals surface area contributed by atoms with Crippen molar-refractivity contribution < 1.29 is 24.5 Å². The molecule has 3 aromatic carbocycles. The van der Waals surface area contributed by atoms with E-state index < -0.39 is 24.6 Å². The standard InChI is InChI=1S/C34H35FN2O5.Na.H/c1-21(2)37-29(17-16-25(38)18-26(39)19-30(40)41)31(23-12-14-24(35)15-13-23)32-27-10-6-7-11-28(27)36(34(42)33(32)37)20-22-8-4-3-5-9-22;;/h3-15,21,25-26,38-39H,16-20H2,1-2H3,(H,40,41);;/t25-,26-;;/m1../s1. The van der Waals surface area contributed by atoms with E-state index in [9.17, 15) is 24.2 Å². The van der Waals surface area contributed by atoms with Crippen molar-refractivity contribution in [2.75, 3.05) is 0 Å². The van der Waals surface area contributed by atoms with Crippen LogP contribution in [0.5, 0.6) is 0 Å². The van der Waals surface area contributed by atoms with Crippen LogP contribution in [0.1, 0.15) is 50.4 Å². The Balaban J connectivity index is 0.00000423. The fourth-order valence-corrected chi connectivity index (χ4v) is 5.95. The predicted octanol–water partition coefficient (Wildman–Crippen LogP) is 5.26. The summed E-state index contributed by atoms with van der Waals surface area (Å²) in [6, 6.07) is 23.7. The molecular formula is C34H36FN2NaO5. The number of aliphatic hydroxyl groups excluding tert-OH is 2. The number of carboxylic acid groups (broad SMARTS) is 1. The first-order chi connectivity index (χ1) is 20.2. The number of carbonyl (C=O) groups is 1. The summed E-state index contributed by atoms with van der Waals surface area (Å²) in [6.07, 6.45) is -2.05. The van der Waals surface area contributed by atoms with Gasteiger partial charge < -0.3 is 24.5 Å². The zero-order valence-electron chi connectivity index (χ0n) is 23.7. The van der Waals surface area contributed by atoms with Crippen molar-refractivity contribution >= 4 is 57.3 Å². The predicted molar refractivity (Wildman–Crippen MR) is 169 cm³/mol. The van der Waals surface area contributed by atoms with Gasteiger partial charge in [-0.25, -0.2) is 4.39 Å². The van der Waals surface area contributed by atoms with E-state index in [1.54, 1.807) is 16.7 Å². The van der Waals surface area contributed by atoms with Crippen LogP contribution < -0.4 is 5.56 Å². The third-order valence-electron chi connectivity index (χ3n) is 7.72. The quantitative estimate of drug-likeness (QED) is 0.181. The van der Waals surface area contributed by atoms with E-state index in [0.29, 0.717) is 18.5 Å². The number of carboxylic acids is 1. The molecule has 0 radical (unpaired) electrons. The number of halogens is 1. The number of aliphatic hydroxyl groups is 2. The van der Waals surface area contributed by atoms with Crippen LogP contribution in [0, 0.1) is 5.82 Å². The molecule has 0 aliphatic rings. The Labute approximate surface area is 271 Å². The molecule has 0 fully saturated rings. The maximum atomic E-state index is 14.5.